The molecule has 0 saturated carbocycles. The number of fused-ring (bicyclic) bond motifs is 1. The normalized spacial score (nSPS) is 14.9. The Balaban J connectivity index is 1.93. The van der Waals surface area contributed by atoms with Gasteiger partial charge in [0.1, 0.15) is 6.07 Å². The first kappa shape index (κ1) is 19.4. The van der Waals surface area contributed by atoms with Crippen molar-refractivity contribution >= 4 is 23.1 Å². The molecule has 6 nitrogen and oxygen atoms in total. The van der Waals surface area contributed by atoms with Gasteiger partial charge in [0.05, 0.1) is 23.5 Å². The zero-order valence-electron chi connectivity index (χ0n) is 16.9. The number of benzene rings is 1. The molecule has 0 aliphatic carbocycles. The minimum absolute atomic E-state index is 0.357. The van der Waals surface area contributed by atoms with Gasteiger partial charge in [-0.1, -0.05) is 11.6 Å². The SMILES string of the molecule is Cc1cc(C)n(-c2nc(Nc3ccc(Cl)cc3)c(C#N)c3c2COC(C)(C)C3)n1. The van der Waals surface area contributed by atoms with Crippen LogP contribution in [0.5, 0.6) is 0 Å². The highest BCUT2D eigenvalue weighted by atomic mass is 35.5. The van der Waals surface area contributed by atoms with Crippen LogP contribution in [0.1, 0.15) is 41.9 Å². The van der Waals surface area contributed by atoms with E-state index in [0.717, 1.165) is 28.2 Å². The van der Waals surface area contributed by atoms with Gasteiger partial charge in [-0.3, -0.25) is 0 Å². The monoisotopic (exact) mass is 407 g/mol. The molecule has 0 bridgehead atoms. The molecule has 3 heterocycles. The lowest BCUT2D eigenvalue weighted by Gasteiger charge is -2.33. The molecule has 148 valence electrons. The number of rotatable bonds is 3. The largest absolute Gasteiger partial charge is 0.370 e. The molecule has 0 spiro atoms. The fourth-order valence-corrected chi connectivity index (χ4v) is 3.77. The number of nitrogens with one attached hydrogen (secondary N) is 1. The van der Waals surface area contributed by atoms with E-state index in [2.05, 4.69) is 16.5 Å². The van der Waals surface area contributed by atoms with Crippen LogP contribution in [0.3, 0.4) is 0 Å². The maximum Gasteiger partial charge on any atom is 0.161 e. The van der Waals surface area contributed by atoms with Crippen molar-refractivity contribution in [2.75, 3.05) is 5.32 Å². The van der Waals surface area contributed by atoms with Crippen LogP contribution in [-0.2, 0) is 17.8 Å². The fraction of sp³-hybridized carbons (Fsp3) is 0.318. The summed E-state index contributed by atoms with van der Waals surface area (Å²) in [5.74, 6) is 1.20. The summed E-state index contributed by atoms with van der Waals surface area (Å²) in [7, 11) is 0. The predicted octanol–water partition coefficient (Wildman–Crippen LogP) is 5.00. The van der Waals surface area contributed by atoms with Gasteiger partial charge in [-0.2, -0.15) is 10.4 Å². The average molecular weight is 408 g/mol. The topological polar surface area (TPSA) is 75.8 Å². The molecule has 0 atom stereocenters. The van der Waals surface area contributed by atoms with Crippen molar-refractivity contribution in [3.8, 4) is 11.9 Å². The molecule has 1 aliphatic rings. The van der Waals surface area contributed by atoms with Crippen molar-refractivity contribution in [2.24, 2.45) is 0 Å². The van der Waals surface area contributed by atoms with Gasteiger partial charge < -0.3 is 10.1 Å². The molecule has 0 fully saturated rings. The molecule has 0 saturated heterocycles. The Hall–Kier alpha value is -2.88. The number of hydrogen-bond acceptors (Lipinski definition) is 5. The molecule has 2 aromatic heterocycles. The van der Waals surface area contributed by atoms with E-state index in [9.17, 15) is 5.26 Å². The van der Waals surface area contributed by atoms with Gasteiger partial charge in [0, 0.05) is 28.4 Å². The summed E-state index contributed by atoms with van der Waals surface area (Å²) in [6.45, 7) is 8.40. The quantitative estimate of drug-likeness (QED) is 0.660. The van der Waals surface area contributed by atoms with Crippen molar-refractivity contribution in [2.45, 2.75) is 46.3 Å². The fourth-order valence-electron chi connectivity index (χ4n) is 3.65. The Kier molecular flexibility index (Phi) is 4.81. The third-order valence-corrected chi connectivity index (χ3v) is 5.28. The molecule has 0 amide bonds. The van der Waals surface area contributed by atoms with Crippen LogP contribution in [-0.4, -0.2) is 20.4 Å². The summed E-state index contributed by atoms with van der Waals surface area (Å²) >= 11 is 6.00. The summed E-state index contributed by atoms with van der Waals surface area (Å²) in [6.07, 6.45) is 0.620. The summed E-state index contributed by atoms with van der Waals surface area (Å²) in [4.78, 5) is 4.82. The number of pyridine rings is 1. The zero-order chi connectivity index (χ0) is 20.8. The number of anilines is 2. The van der Waals surface area contributed by atoms with E-state index < -0.39 is 0 Å². The first-order valence-electron chi connectivity index (χ1n) is 9.43. The van der Waals surface area contributed by atoms with Crippen molar-refractivity contribution in [3.63, 3.8) is 0 Å². The second-order valence-electron chi connectivity index (χ2n) is 7.92. The Morgan fingerprint density at radius 2 is 1.93 bits per heavy atom. The van der Waals surface area contributed by atoms with Crippen LogP contribution in [0.4, 0.5) is 11.5 Å². The van der Waals surface area contributed by atoms with E-state index in [-0.39, 0.29) is 5.60 Å². The van der Waals surface area contributed by atoms with Crippen molar-refractivity contribution < 1.29 is 4.74 Å². The summed E-state index contributed by atoms with van der Waals surface area (Å²) < 4.78 is 7.87. The van der Waals surface area contributed by atoms with E-state index in [1.54, 1.807) is 12.1 Å². The van der Waals surface area contributed by atoms with E-state index in [4.69, 9.17) is 21.3 Å². The zero-order valence-corrected chi connectivity index (χ0v) is 17.6. The van der Waals surface area contributed by atoms with Crippen LogP contribution in [0, 0.1) is 25.2 Å². The lowest BCUT2D eigenvalue weighted by Crippen LogP contribution is -2.33. The highest BCUT2D eigenvalue weighted by Gasteiger charge is 2.32. The third kappa shape index (κ3) is 3.71. The van der Waals surface area contributed by atoms with Crippen LogP contribution >= 0.6 is 11.6 Å². The van der Waals surface area contributed by atoms with Crippen LogP contribution in [0.2, 0.25) is 5.02 Å². The van der Waals surface area contributed by atoms with E-state index in [1.807, 2.05) is 50.6 Å². The molecule has 29 heavy (non-hydrogen) atoms. The number of halogens is 1. The maximum atomic E-state index is 9.97. The molecule has 1 aromatic carbocycles. The Bertz CT molecular complexity index is 1130. The van der Waals surface area contributed by atoms with Crippen LogP contribution < -0.4 is 5.32 Å². The Morgan fingerprint density at radius 1 is 1.21 bits per heavy atom. The van der Waals surface area contributed by atoms with Gasteiger partial charge in [0.2, 0.25) is 0 Å². The first-order chi connectivity index (χ1) is 13.8. The van der Waals surface area contributed by atoms with E-state index >= 15 is 0 Å². The molecule has 0 unspecified atom stereocenters. The first-order valence-corrected chi connectivity index (χ1v) is 9.81. The standard InChI is InChI=1S/C22H22ClN5O/c1-13-9-14(2)28(27-13)21-19-12-29-22(3,4)10-17(19)18(11-24)20(26-21)25-16-7-5-15(23)6-8-16/h5-9H,10,12H2,1-4H3,(H,25,26). The number of ether oxygens (including phenoxy) is 1. The van der Waals surface area contributed by atoms with E-state index in [1.165, 1.54) is 0 Å². The summed E-state index contributed by atoms with van der Waals surface area (Å²) in [5, 5.41) is 18.5. The van der Waals surface area contributed by atoms with Crippen molar-refractivity contribution in [3.05, 3.63) is 63.4 Å². The predicted molar refractivity (Wildman–Crippen MR) is 113 cm³/mol. The molecule has 7 heteroatoms. The minimum atomic E-state index is -0.357. The Labute approximate surface area is 175 Å². The smallest absolute Gasteiger partial charge is 0.161 e. The van der Waals surface area contributed by atoms with Gasteiger partial charge in [0.15, 0.2) is 11.6 Å². The second-order valence-corrected chi connectivity index (χ2v) is 8.36. The second kappa shape index (κ2) is 7.18. The number of aryl methyl sites for hydroxylation is 2. The van der Waals surface area contributed by atoms with Gasteiger partial charge in [0.25, 0.3) is 0 Å². The molecule has 1 aliphatic heterocycles. The highest BCUT2D eigenvalue weighted by Crippen LogP contribution is 2.36. The molecule has 1 N–H and O–H groups in total. The van der Waals surface area contributed by atoms with Gasteiger partial charge in [-0.15, -0.1) is 0 Å². The summed E-state index contributed by atoms with van der Waals surface area (Å²) in [6, 6.07) is 11.7. The highest BCUT2D eigenvalue weighted by molar-refractivity contribution is 6.30. The average Bonchev–Trinajstić information content (AvgIpc) is 3.00. The number of aromatic nitrogens is 3. The lowest BCUT2D eigenvalue weighted by atomic mass is 9.89. The molecule has 3 aromatic rings. The molecular weight excluding hydrogens is 386 g/mol. The van der Waals surface area contributed by atoms with E-state index in [0.29, 0.717) is 35.2 Å². The van der Waals surface area contributed by atoms with Gasteiger partial charge >= 0.3 is 0 Å². The lowest BCUT2D eigenvalue weighted by molar-refractivity contribution is -0.0403. The minimum Gasteiger partial charge on any atom is -0.370 e. The maximum absolute atomic E-state index is 9.97. The van der Waals surface area contributed by atoms with Crippen molar-refractivity contribution in [1.29, 1.82) is 5.26 Å². The molecule has 4 rings (SSSR count). The Morgan fingerprint density at radius 3 is 2.55 bits per heavy atom. The summed E-state index contributed by atoms with van der Waals surface area (Å²) in [5.41, 5.74) is 4.74. The third-order valence-electron chi connectivity index (χ3n) is 5.03. The van der Waals surface area contributed by atoms with Crippen LogP contribution in [0.25, 0.3) is 5.82 Å². The van der Waals surface area contributed by atoms with Gasteiger partial charge in [-0.05, 0) is 63.6 Å². The number of nitrogens with zero attached hydrogens (tertiary/aromatic N) is 4. The number of nitriles is 1. The molecular formula is C22H22ClN5O. The molecule has 0 radical (unpaired) electrons. The van der Waals surface area contributed by atoms with Gasteiger partial charge in [-0.25, -0.2) is 9.67 Å². The van der Waals surface area contributed by atoms with Crippen LogP contribution in [0.15, 0.2) is 30.3 Å². The van der Waals surface area contributed by atoms with Crippen molar-refractivity contribution in [1.82, 2.24) is 14.8 Å². The number of hydrogen-bond donors (Lipinski definition) is 1.